The molecular weight excluding hydrogens is 200 g/mol. The Bertz CT molecular complexity index is 345. The Hall–Kier alpha value is -1.16. The lowest BCUT2D eigenvalue weighted by Crippen LogP contribution is -2.39. The normalized spacial score (nSPS) is 20.8. The highest BCUT2D eigenvalue weighted by molar-refractivity contribution is 5.44. The van der Waals surface area contributed by atoms with Gasteiger partial charge in [-0.2, -0.15) is 0 Å². The molecule has 1 aromatic rings. The highest BCUT2D eigenvalue weighted by Crippen LogP contribution is 2.13. The summed E-state index contributed by atoms with van der Waals surface area (Å²) in [6, 6.07) is 0.587. The molecule has 4 nitrogen and oxygen atoms in total. The van der Waals surface area contributed by atoms with E-state index in [0.717, 1.165) is 30.2 Å². The molecule has 1 aliphatic rings. The molecule has 88 valence electrons. The zero-order valence-corrected chi connectivity index (χ0v) is 10.1. The number of anilines is 1. The summed E-state index contributed by atoms with van der Waals surface area (Å²) in [4.78, 5) is 8.44. The van der Waals surface area contributed by atoms with E-state index in [1.807, 2.05) is 6.92 Å². The largest absolute Gasteiger partial charge is 0.368 e. The van der Waals surface area contributed by atoms with Gasteiger partial charge in [0, 0.05) is 23.8 Å². The third kappa shape index (κ3) is 2.70. The molecule has 0 aromatic carbocycles. The first-order valence-corrected chi connectivity index (χ1v) is 6.03. The molecular formula is C12H20N4. The topological polar surface area (TPSA) is 49.8 Å². The minimum atomic E-state index is 0.587. The van der Waals surface area contributed by atoms with E-state index in [1.165, 1.54) is 19.3 Å². The molecule has 0 amide bonds. The molecule has 0 aliphatic carbocycles. The third-order valence-electron chi connectivity index (χ3n) is 3.26. The first-order valence-electron chi connectivity index (χ1n) is 6.03. The van der Waals surface area contributed by atoms with Gasteiger partial charge in [0.15, 0.2) is 0 Å². The molecule has 1 aromatic heterocycles. The summed E-state index contributed by atoms with van der Waals surface area (Å²) in [5, 5.41) is 6.93. The van der Waals surface area contributed by atoms with Gasteiger partial charge in [-0.25, -0.2) is 9.97 Å². The predicted molar refractivity (Wildman–Crippen MR) is 65.6 cm³/mol. The van der Waals surface area contributed by atoms with Gasteiger partial charge in [-0.05, 0) is 33.2 Å². The fraction of sp³-hybridized carbons (Fsp3) is 0.667. The molecule has 16 heavy (non-hydrogen) atoms. The van der Waals surface area contributed by atoms with Crippen molar-refractivity contribution in [1.29, 1.82) is 0 Å². The fourth-order valence-corrected chi connectivity index (χ4v) is 2.03. The standard InChI is InChI=1S/C12H20N4/c1-9-10(2)15-8-16-12(9)14-7-11-5-3-4-6-13-11/h8,11,13H,3-7H2,1-2H3,(H,14,15,16). The Balaban J connectivity index is 1.91. The van der Waals surface area contributed by atoms with Gasteiger partial charge in [-0.3, -0.25) is 0 Å². The summed E-state index contributed by atoms with van der Waals surface area (Å²) < 4.78 is 0. The molecule has 4 heteroatoms. The minimum absolute atomic E-state index is 0.587. The number of piperidine rings is 1. The first kappa shape index (κ1) is 11.3. The SMILES string of the molecule is Cc1ncnc(NCC2CCCCN2)c1C. The average Bonchev–Trinajstić information content (AvgIpc) is 2.32. The maximum Gasteiger partial charge on any atom is 0.132 e. The van der Waals surface area contributed by atoms with Crippen molar-refractivity contribution >= 4 is 5.82 Å². The number of aryl methyl sites for hydroxylation is 1. The van der Waals surface area contributed by atoms with E-state index in [0.29, 0.717) is 6.04 Å². The average molecular weight is 220 g/mol. The third-order valence-corrected chi connectivity index (χ3v) is 3.26. The van der Waals surface area contributed by atoms with Crippen molar-refractivity contribution in [1.82, 2.24) is 15.3 Å². The van der Waals surface area contributed by atoms with Crippen molar-refractivity contribution in [2.45, 2.75) is 39.2 Å². The van der Waals surface area contributed by atoms with E-state index in [2.05, 4.69) is 27.5 Å². The number of hydrogen-bond donors (Lipinski definition) is 2. The summed E-state index contributed by atoms with van der Waals surface area (Å²) in [5.74, 6) is 0.972. The van der Waals surface area contributed by atoms with Crippen LogP contribution in [-0.4, -0.2) is 29.1 Å². The quantitative estimate of drug-likeness (QED) is 0.813. The molecule has 0 radical (unpaired) electrons. The van der Waals surface area contributed by atoms with Crippen LogP contribution >= 0.6 is 0 Å². The van der Waals surface area contributed by atoms with Crippen LogP contribution < -0.4 is 10.6 Å². The molecule has 2 N–H and O–H groups in total. The summed E-state index contributed by atoms with van der Waals surface area (Å²) in [6.45, 7) is 6.18. The van der Waals surface area contributed by atoms with Crippen LogP contribution in [0.3, 0.4) is 0 Å². The van der Waals surface area contributed by atoms with Crippen molar-refractivity contribution in [2.24, 2.45) is 0 Å². The second-order valence-electron chi connectivity index (χ2n) is 4.46. The highest BCUT2D eigenvalue weighted by Gasteiger charge is 2.12. The van der Waals surface area contributed by atoms with E-state index in [-0.39, 0.29) is 0 Å². The highest BCUT2D eigenvalue weighted by atomic mass is 15.1. The van der Waals surface area contributed by atoms with Crippen LogP contribution in [0.25, 0.3) is 0 Å². The molecule has 1 fully saturated rings. The molecule has 1 unspecified atom stereocenters. The summed E-state index contributed by atoms with van der Waals surface area (Å²) in [5.41, 5.74) is 2.20. The van der Waals surface area contributed by atoms with Crippen molar-refractivity contribution in [2.75, 3.05) is 18.4 Å². The van der Waals surface area contributed by atoms with Gasteiger partial charge in [-0.15, -0.1) is 0 Å². The monoisotopic (exact) mass is 220 g/mol. The van der Waals surface area contributed by atoms with Gasteiger partial charge in [0.2, 0.25) is 0 Å². The minimum Gasteiger partial charge on any atom is -0.368 e. The Morgan fingerprint density at radius 2 is 2.25 bits per heavy atom. The number of hydrogen-bond acceptors (Lipinski definition) is 4. The smallest absolute Gasteiger partial charge is 0.132 e. The Morgan fingerprint density at radius 1 is 1.38 bits per heavy atom. The first-order chi connectivity index (χ1) is 7.77. The van der Waals surface area contributed by atoms with E-state index >= 15 is 0 Å². The van der Waals surface area contributed by atoms with E-state index in [9.17, 15) is 0 Å². The van der Waals surface area contributed by atoms with E-state index < -0.39 is 0 Å². The van der Waals surface area contributed by atoms with Gasteiger partial charge < -0.3 is 10.6 Å². The molecule has 2 rings (SSSR count). The van der Waals surface area contributed by atoms with E-state index in [1.54, 1.807) is 6.33 Å². The number of nitrogens with one attached hydrogen (secondary N) is 2. The zero-order chi connectivity index (χ0) is 11.4. The van der Waals surface area contributed by atoms with Crippen LogP contribution in [0.5, 0.6) is 0 Å². The summed E-state index contributed by atoms with van der Waals surface area (Å²) in [6.07, 6.45) is 5.53. The van der Waals surface area contributed by atoms with Crippen molar-refractivity contribution in [3.05, 3.63) is 17.6 Å². The Kier molecular flexibility index (Phi) is 3.72. The summed E-state index contributed by atoms with van der Waals surface area (Å²) >= 11 is 0. The van der Waals surface area contributed by atoms with Crippen LogP contribution in [0.4, 0.5) is 5.82 Å². The van der Waals surface area contributed by atoms with Gasteiger partial charge >= 0.3 is 0 Å². The lowest BCUT2D eigenvalue weighted by atomic mass is 10.1. The van der Waals surface area contributed by atoms with Crippen LogP contribution in [0.1, 0.15) is 30.5 Å². The van der Waals surface area contributed by atoms with Crippen molar-refractivity contribution in [3.63, 3.8) is 0 Å². The van der Waals surface area contributed by atoms with Crippen LogP contribution in [0.2, 0.25) is 0 Å². The molecule has 1 saturated heterocycles. The van der Waals surface area contributed by atoms with Crippen molar-refractivity contribution < 1.29 is 0 Å². The van der Waals surface area contributed by atoms with Gasteiger partial charge in [0.1, 0.15) is 12.1 Å². The maximum absolute atomic E-state index is 4.27. The molecule has 0 bridgehead atoms. The molecule has 2 heterocycles. The van der Waals surface area contributed by atoms with Crippen LogP contribution in [0, 0.1) is 13.8 Å². The predicted octanol–water partition coefficient (Wildman–Crippen LogP) is 1.65. The van der Waals surface area contributed by atoms with Gasteiger partial charge in [0.25, 0.3) is 0 Å². The van der Waals surface area contributed by atoms with E-state index in [4.69, 9.17) is 0 Å². The zero-order valence-electron chi connectivity index (χ0n) is 10.1. The second kappa shape index (κ2) is 5.25. The molecule has 0 saturated carbocycles. The lowest BCUT2D eigenvalue weighted by Gasteiger charge is -2.24. The lowest BCUT2D eigenvalue weighted by molar-refractivity contribution is 0.414. The second-order valence-corrected chi connectivity index (χ2v) is 4.46. The number of aromatic nitrogens is 2. The van der Waals surface area contributed by atoms with Crippen LogP contribution in [0.15, 0.2) is 6.33 Å². The molecule has 1 atom stereocenters. The van der Waals surface area contributed by atoms with Gasteiger partial charge in [0.05, 0.1) is 0 Å². The van der Waals surface area contributed by atoms with Crippen LogP contribution in [-0.2, 0) is 0 Å². The number of nitrogens with zero attached hydrogens (tertiary/aromatic N) is 2. The molecule has 0 spiro atoms. The summed E-state index contributed by atoms with van der Waals surface area (Å²) in [7, 11) is 0. The maximum atomic E-state index is 4.27. The number of rotatable bonds is 3. The molecule has 1 aliphatic heterocycles. The van der Waals surface area contributed by atoms with Gasteiger partial charge in [-0.1, -0.05) is 6.42 Å². The Labute approximate surface area is 96.9 Å². The fourth-order valence-electron chi connectivity index (χ4n) is 2.03. The van der Waals surface area contributed by atoms with Crippen molar-refractivity contribution in [3.8, 4) is 0 Å². The Morgan fingerprint density at radius 3 is 3.00 bits per heavy atom.